The van der Waals surface area contributed by atoms with Crippen molar-refractivity contribution in [1.29, 1.82) is 0 Å². The predicted molar refractivity (Wildman–Crippen MR) is 77.9 cm³/mol. The van der Waals surface area contributed by atoms with Crippen LogP contribution >= 0.6 is 22.3 Å². The molecule has 1 unspecified atom stereocenters. The maximum atomic E-state index is 11.3. The second-order valence-corrected chi connectivity index (χ2v) is 3.08. The Bertz CT molecular complexity index is 419. The lowest BCUT2D eigenvalue weighted by molar-refractivity contribution is 0.152. The summed E-state index contributed by atoms with van der Waals surface area (Å²) < 4.78 is 9.91. The first kappa shape index (κ1) is 16.4. The first-order valence-corrected chi connectivity index (χ1v) is 4.84. The maximum absolute atomic E-state index is 11.3. The fraction of sp³-hybridized carbons (Fsp3) is 0. The molecule has 0 fully saturated rings. The third-order valence-electron chi connectivity index (χ3n) is 1.89. The van der Waals surface area contributed by atoms with Gasteiger partial charge in [-0.3, -0.25) is 0 Å². The molecule has 5 heteroatoms. The van der Waals surface area contributed by atoms with Crippen LogP contribution in [0.5, 0.6) is 11.5 Å². The number of carbonyl (C=O) groups is 1. The first-order chi connectivity index (χ1) is 7.84. The van der Waals surface area contributed by atoms with E-state index in [0.29, 0.717) is 11.5 Å². The van der Waals surface area contributed by atoms with Crippen LogP contribution in [-0.2, 0) is 0 Å². The SMILES string of the molecule is Cl.O=C(Oc1ccccc1)Oc1ccccc1.P. The Hall–Kier alpha value is -1.57. The number of benzene rings is 2. The minimum Gasteiger partial charge on any atom is -0.395 e. The summed E-state index contributed by atoms with van der Waals surface area (Å²) in [6.45, 7) is 0. The minimum atomic E-state index is -0.739. The largest absolute Gasteiger partial charge is 0.519 e. The van der Waals surface area contributed by atoms with E-state index in [9.17, 15) is 4.79 Å². The number of ether oxygens (including phenoxy) is 2. The van der Waals surface area contributed by atoms with Gasteiger partial charge in [0.1, 0.15) is 11.5 Å². The second kappa shape index (κ2) is 8.51. The topological polar surface area (TPSA) is 35.5 Å². The van der Waals surface area contributed by atoms with E-state index in [4.69, 9.17) is 9.47 Å². The Morgan fingerprint density at radius 2 is 1.06 bits per heavy atom. The average molecular weight is 285 g/mol. The summed E-state index contributed by atoms with van der Waals surface area (Å²) in [7, 11) is 0. The molecule has 0 aliphatic heterocycles. The normalized spacial score (nSPS) is 8.44. The number of hydrogen-bond acceptors (Lipinski definition) is 3. The quantitative estimate of drug-likeness (QED) is 0.479. The van der Waals surface area contributed by atoms with Gasteiger partial charge in [0.05, 0.1) is 0 Å². The van der Waals surface area contributed by atoms with E-state index in [2.05, 4.69) is 0 Å². The standard InChI is InChI=1S/C13H10O3.ClH.H3P/c14-13(15-11-7-3-1-4-8-11)16-12-9-5-2-6-10-12;;/h1-10H;1H;1H3. The van der Waals surface area contributed by atoms with Crippen LogP contribution in [0.1, 0.15) is 0 Å². The van der Waals surface area contributed by atoms with Gasteiger partial charge >= 0.3 is 6.16 Å². The molecule has 0 radical (unpaired) electrons. The Morgan fingerprint density at radius 3 is 1.39 bits per heavy atom. The van der Waals surface area contributed by atoms with Gasteiger partial charge in [0.25, 0.3) is 0 Å². The lowest BCUT2D eigenvalue weighted by Crippen LogP contribution is -2.13. The van der Waals surface area contributed by atoms with Gasteiger partial charge in [-0.25, -0.2) is 4.79 Å². The molecule has 3 nitrogen and oxygen atoms in total. The molecular weight excluding hydrogens is 271 g/mol. The third-order valence-corrected chi connectivity index (χ3v) is 1.89. The van der Waals surface area contributed by atoms with Gasteiger partial charge < -0.3 is 9.47 Å². The van der Waals surface area contributed by atoms with Crippen molar-refractivity contribution in [3.63, 3.8) is 0 Å². The summed E-state index contributed by atoms with van der Waals surface area (Å²) >= 11 is 0. The van der Waals surface area contributed by atoms with Crippen molar-refractivity contribution < 1.29 is 14.3 Å². The van der Waals surface area contributed by atoms with Gasteiger partial charge in [0.15, 0.2) is 0 Å². The molecule has 0 aliphatic rings. The summed E-state index contributed by atoms with van der Waals surface area (Å²) in [6, 6.07) is 17.6. The number of rotatable bonds is 2. The average Bonchev–Trinajstić information content (AvgIpc) is 2.31. The summed E-state index contributed by atoms with van der Waals surface area (Å²) in [5.74, 6) is 0.923. The smallest absolute Gasteiger partial charge is 0.395 e. The van der Waals surface area contributed by atoms with E-state index < -0.39 is 6.16 Å². The molecule has 0 heterocycles. The zero-order valence-electron chi connectivity index (χ0n) is 9.61. The van der Waals surface area contributed by atoms with Crippen LogP contribution < -0.4 is 9.47 Å². The van der Waals surface area contributed by atoms with Gasteiger partial charge in [-0.2, -0.15) is 9.90 Å². The molecule has 0 saturated carbocycles. The van der Waals surface area contributed by atoms with Crippen LogP contribution in [-0.4, -0.2) is 6.16 Å². The van der Waals surface area contributed by atoms with Crippen molar-refractivity contribution in [1.82, 2.24) is 0 Å². The lowest BCUT2D eigenvalue weighted by atomic mass is 10.3. The van der Waals surface area contributed by atoms with Gasteiger partial charge in [0.2, 0.25) is 0 Å². The van der Waals surface area contributed by atoms with Crippen LogP contribution in [0.2, 0.25) is 0 Å². The van der Waals surface area contributed by atoms with Crippen molar-refractivity contribution in [3.05, 3.63) is 60.7 Å². The molecule has 2 aromatic rings. The zero-order chi connectivity index (χ0) is 11.2. The van der Waals surface area contributed by atoms with Gasteiger partial charge in [0, 0.05) is 0 Å². The molecule has 0 N–H and O–H groups in total. The predicted octanol–water partition coefficient (Wildman–Crippen LogP) is 3.74. The van der Waals surface area contributed by atoms with Crippen LogP contribution in [0.3, 0.4) is 0 Å². The molecule has 2 rings (SSSR count). The molecule has 0 spiro atoms. The van der Waals surface area contributed by atoms with E-state index in [-0.39, 0.29) is 22.3 Å². The maximum Gasteiger partial charge on any atom is 0.519 e. The van der Waals surface area contributed by atoms with Crippen molar-refractivity contribution in [2.45, 2.75) is 0 Å². The molecule has 18 heavy (non-hydrogen) atoms. The van der Waals surface area contributed by atoms with Crippen molar-refractivity contribution in [2.75, 3.05) is 0 Å². The fourth-order valence-corrected chi connectivity index (χ4v) is 1.19. The van der Waals surface area contributed by atoms with Gasteiger partial charge in [-0.15, -0.1) is 12.4 Å². The highest BCUT2D eigenvalue weighted by Crippen LogP contribution is 2.12. The highest BCUT2D eigenvalue weighted by atomic mass is 35.5. The molecule has 0 aliphatic carbocycles. The summed E-state index contributed by atoms with van der Waals surface area (Å²) in [5, 5.41) is 0. The zero-order valence-corrected chi connectivity index (χ0v) is 11.8. The fourth-order valence-electron chi connectivity index (χ4n) is 1.19. The number of halogens is 1. The Kier molecular flexibility index (Phi) is 7.77. The van der Waals surface area contributed by atoms with Crippen LogP contribution in [0.4, 0.5) is 4.79 Å². The van der Waals surface area contributed by atoms with E-state index in [1.165, 1.54) is 0 Å². The highest BCUT2D eigenvalue weighted by molar-refractivity contribution is 6.92. The monoisotopic (exact) mass is 284 g/mol. The summed E-state index contributed by atoms with van der Waals surface area (Å²) in [6.07, 6.45) is -0.739. The molecule has 2 aromatic carbocycles. The highest BCUT2D eigenvalue weighted by Gasteiger charge is 2.06. The third kappa shape index (κ3) is 5.17. The molecular formula is C13H14ClO3P. The molecule has 0 bridgehead atoms. The van der Waals surface area contributed by atoms with E-state index in [1.54, 1.807) is 48.5 Å². The Balaban J connectivity index is 0.00000144. The Morgan fingerprint density at radius 1 is 0.722 bits per heavy atom. The molecule has 0 aromatic heterocycles. The van der Waals surface area contributed by atoms with Crippen LogP contribution in [0.15, 0.2) is 60.7 Å². The van der Waals surface area contributed by atoms with Gasteiger partial charge in [-0.05, 0) is 24.3 Å². The molecule has 0 amide bonds. The van der Waals surface area contributed by atoms with Crippen LogP contribution in [0.25, 0.3) is 0 Å². The van der Waals surface area contributed by atoms with Crippen molar-refractivity contribution in [3.8, 4) is 11.5 Å². The number of carbonyl (C=O) groups excluding carboxylic acids is 1. The minimum absolute atomic E-state index is 0. The summed E-state index contributed by atoms with van der Waals surface area (Å²) in [4.78, 5) is 11.3. The molecule has 1 atom stereocenters. The summed E-state index contributed by atoms with van der Waals surface area (Å²) in [5.41, 5.74) is 0. The van der Waals surface area contributed by atoms with Crippen molar-refractivity contribution in [2.24, 2.45) is 0 Å². The molecule has 96 valence electrons. The van der Waals surface area contributed by atoms with E-state index >= 15 is 0 Å². The van der Waals surface area contributed by atoms with Crippen LogP contribution in [0, 0.1) is 0 Å². The lowest BCUT2D eigenvalue weighted by Gasteiger charge is -2.04. The molecule has 0 saturated heterocycles. The second-order valence-electron chi connectivity index (χ2n) is 3.08. The first-order valence-electron chi connectivity index (χ1n) is 4.84. The van der Waals surface area contributed by atoms with Gasteiger partial charge in [-0.1, -0.05) is 36.4 Å². The van der Waals surface area contributed by atoms with E-state index in [0.717, 1.165) is 0 Å². The van der Waals surface area contributed by atoms with E-state index in [1.807, 2.05) is 12.1 Å². The Labute approximate surface area is 115 Å². The number of para-hydroxylation sites is 2. The number of hydrogen-bond donors (Lipinski definition) is 0. The van der Waals surface area contributed by atoms with Crippen molar-refractivity contribution >= 4 is 28.5 Å².